The van der Waals surface area contributed by atoms with Crippen molar-refractivity contribution in [2.45, 2.75) is 44.7 Å². The third-order valence-electron chi connectivity index (χ3n) is 4.91. The monoisotopic (exact) mass is 436 g/mol. The Kier molecular flexibility index (Phi) is 8.76. The minimum Gasteiger partial charge on any atom is -0.507 e. The summed E-state index contributed by atoms with van der Waals surface area (Å²) in [5.74, 6) is -2.14. The highest BCUT2D eigenvalue weighted by Crippen LogP contribution is 2.31. The Labute approximate surface area is 179 Å². The molecule has 0 aromatic heterocycles. The number of phenolic OH excluding ortho intramolecular Hbond substituents is 1. The first-order valence-electron chi connectivity index (χ1n) is 9.88. The molecule has 9 nitrogen and oxygen atoms in total. The summed E-state index contributed by atoms with van der Waals surface area (Å²) < 4.78 is 10.8. The van der Waals surface area contributed by atoms with Crippen molar-refractivity contribution in [1.29, 1.82) is 0 Å². The van der Waals surface area contributed by atoms with Gasteiger partial charge in [-0.25, -0.2) is 4.79 Å². The molecular weight excluding hydrogens is 408 g/mol. The van der Waals surface area contributed by atoms with Crippen LogP contribution in [0.1, 0.15) is 36.2 Å². The maximum absolute atomic E-state index is 12.7. The molecule has 0 aliphatic carbocycles. The number of phenols is 1. The van der Waals surface area contributed by atoms with Crippen molar-refractivity contribution >= 4 is 17.8 Å². The van der Waals surface area contributed by atoms with Gasteiger partial charge in [0.15, 0.2) is 5.78 Å². The molecule has 1 aromatic rings. The number of carbonyl (C=O) groups is 2. The standard InChI is InChI=1S/C22H28O9/c1-12-6-7-18(26)21(28)17(25)5-3-4-14-8-16(30-11-15(24)10-23)9-19(27)20(14)22(29)31-13(12)2/h3-4,6-9,12-13,15,17,21,23-25,27-28H,5,10-11H2,1-2H3/b4-3+,7-6-/t12-,13+,15?,17?,21?/m1/s1. The van der Waals surface area contributed by atoms with Gasteiger partial charge in [0.1, 0.15) is 42.0 Å². The summed E-state index contributed by atoms with van der Waals surface area (Å²) in [6, 6.07) is 2.61. The molecule has 31 heavy (non-hydrogen) atoms. The average Bonchev–Trinajstić information content (AvgIpc) is 2.73. The molecule has 170 valence electrons. The van der Waals surface area contributed by atoms with Crippen LogP contribution in [0.15, 0.2) is 30.4 Å². The van der Waals surface area contributed by atoms with Gasteiger partial charge in [-0.3, -0.25) is 4.79 Å². The number of aromatic hydroxyl groups is 1. The van der Waals surface area contributed by atoms with Crippen LogP contribution in [0.2, 0.25) is 0 Å². The van der Waals surface area contributed by atoms with Crippen molar-refractivity contribution in [2.24, 2.45) is 5.92 Å². The molecule has 0 amide bonds. The fraction of sp³-hybridized carbons (Fsp3) is 0.455. The first-order valence-corrected chi connectivity index (χ1v) is 9.88. The number of esters is 1. The number of aliphatic hydroxyl groups excluding tert-OH is 4. The molecule has 0 saturated carbocycles. The van der Waals surface area contributed by atoms with Gasteiger partial charge in [0.25, 0.3) is 0 Å². The molecule has 0 saturated heterocycles. The first kappa shape index (κ1) is 24.5. The van der Waals surface area contributed by atoms with Crippen molar-refractivity contribution in [3.05, 3.63) is 41.5 Å². The van der Waals surface area contributed by atoms with E-state index in [4.69, 9.17) is 14.6 Å². The molecule has 2 rings (SSSR count). The molecule has 5 atom stereocenters. The van der Waals surface area contributed by atoms with E-state index in [-0.39, 0.29) is 35.8 Å². The molecule has 1 aliphatic heterocycles. The zero-order chi connectivity index (χ0) is 23.1. The third kappa shape index (κ3) is 6.63. The highest BCUT2D eigenvalue weighted by atomic mass is 16.5. The van der Waals surface area contributed by atoms with Gasteiger partial charge >= 0.3 is 5.97 Å². The quantitative estimate of drug-likeness (QED) is 0.426. The molecule has 1 aromatic carbocycles. The van der Waals surface area contributed by atoms with Crippen molar-refractivity contribution in [1.82, 2.24) is 0 Å². The lowest BCUT2D eigenvalue weighted by Crippen LogP contribution is -2.32. The lowest BCUT2D eigenvalue weighted by Gasteiger charge is -2.20. The zero-order valence-electron chi connectivity index (χ0n) is 17.3. The summed E-state index contributed by atoms with van der Waals surface area (Å²) in [4.78, 5) is 24.8. The van der Waals surface area contributed by atoms with Crippen LogP contribution in [0.4, 0.5) is 0 Å². The first-order chi connectivity index (χ1) is 14.6. The zero-order valence-corrected chi connectivity index (χ0v) is 17.3. The minimum absolute atomic E-state index is 0.101. The second-order valence-electron chi connectivity index (χ2n) is 7.44. The van der Waals surface area contributed by atoms with E-state index in [0.717, 1.165) is 6.08 Å². The van der Waals surface area contributed by atoms with E-state index in [9.17, 15) is 30.0 Å². The summed E-state index contributed by atoms with van der Waals surface area (Å²) in [6.07, 6.45) is 0.604. The van der Waals surface area contributed by atoms with Crippen LogP contribution in [0.25, 0.3) is 6.08 Å². The van der Waals surface area contributed by atoms with Gasteiger partial charge in [0, 0.05) is 12.0 Å². The average molecular weight is 436 g/mol. The van der Waals surface area contributed by atoms with Crippen molar-refractivity contribution < 1.29 is 44.6 Å². The van der Waals surface area contributed by atoms with Crippen molar-refractivity contribution in [3.8, 4) is 11.5 Å². The van der Waals surface area contributed by atoms with Gasteiger partial charge in [-0.05, 0) is 31.1 Å². The Bertz CT molecular complexity index is 846. The van der Waals surface area contributed by atoms with Crippen molar-refractivity contribution in [3.63, 3.8) is 0 Å². The van der Waals surface area contributed by atoms with Crippen LogP contribution in [0, 0.1) is 5.92 Å². The minimum atomic E-state index is -1.61. The van der Waals surface area contributed by atoms with E-state index >= 15 is 0 Å². The van der Waals surface area contributed by atoms with Gasteiger partial charge in [-0.1, -0.05) is 25.2 Å². The SMILES string of the molecule is C[C@@H]1/C=C\C(=O)C(O)C(O)C/C=C/c2cc(OCC(O)CO)cc(O)c2C(=O)O[C@H]1C. The van der Waals surface area contributed by atoms with Crippen LogP contribution in [0.3, 0.4) is 0 Å². The van der Waals surface area contributed by atoms with Crippen LogP contribution < -0.4 is 4.74 Å². The molecule has 9 heteroatoms. The highest BCUT2D eigenvalue weighted by molar-refractivity contribution is 5.97. The molecule has 0 spiro atoms. The number of benzene rings is 1. The molecule has 0 radical (unpaired) electrons. The molecule has 5 N–H and O–H groups in total. The Morgan fingerprint density at radius 3 is 2.58 bits per heavy atom. The maximum atomic E-state index is 12.7. The van der Waals surface area contributed by atoms with E-state index in [1.807, 2.05) is 0 Å². The van der Waals surface area contributed by atoms with E-state index in [1.165, 1.54) is 30.4 Å². The molecule has 0 fully saturated rings. The number of cyclic esters (lactones) is 1. The van der Waals surface area contributed by atoms with E-state index < -0.39 is 48.5 Å². The summed E-state index contributed by atoms with van der Waals surface area (Å²) in [5, 5.41) is 48.9. The highest BCUT2D eigenvalue weighted by Gasteiger charge is 2.25. The predicted octanol–water partition coefficient (Wildman–Crippen LogP) is 0.570. The van der Waals surface area contributed by atoms with Crippen LogP contribution in [0.5, 0.6) is 11.5 Å². The number of ether oxygens (including phenoxy) is 2. The summed E-state index contributed by atoms with van der Waals surface area (Å²) in [7, 11) is 0. The Morgan fingerprint density at radius 2 is 1.90 bits per heavy atom. The van der Waals surface area contributed by atoms with Crippen LogP contribution >= 0.6 is 0 Å². The number of hydrogen-bond donors (Lipinski definition) is 5. The Hall–Kier alpha value is -2.72. The number of fused-ring (bicyclic) bond motifs is 1. The fourth-order valence-electron chi connectivity index (χ4n) is 2.79. The summed E-state index contributed by atoms with van der Waals surface area (Å²) in [5.41, 5.74) is 0.0801. The maximum Gasteiger partial charge on any atom is 0.342 e. The van der Waals surface area contributed by atoms with Gasteiger partial charge in [-0.15, -0.1) is 0 Å². The predicted molar refractivity (Wildman–Crippen MR) is 111 cm³/mol. The number of aliphatic hydroxyl groups is 4. The molecular formula is C22H28O9. The van der Waals surface area contributed by atoms with E-state index in [0.29, 0.717) is 0 Å². The number of carbonyl (C=O) groups excluding carboxylic acids is 2. The number of ketones is 1. The van der Waals surface area contributed by atoms with E-state index in [2.05, 4.69) is 0 Å². The van der Waals surface area contributed by atoms with Gasteiger partial charge in [0.2, 0.25) is 0 Å². The van der Waals surface area contributed by atoms with Gasteiger partial charge < -0.3 is 35.0 Å². The second kappa shape index (κ2) is 11.1. The van der Waals surface area contributed by atoms with E-state index in [1.54, 1.807) is 13.8 Å². The van der Waals surface area contributed by atoms with Gasteiger partial charge in [0.05, 0.1) is 12.7 Å². The molecule has 0 bridgehead atoms. The Balaban J connectivity index is 2.44. The van der Waals surface area contributed by atoms with Gasteiger partial charge in [-0.2, -0.15) is 0 Å². The molecule has 1 aliphatic rings. The topological polar surface area (TPSA) is 154 Å². The largest absolute Gasteiger partial charge is 0.507 e. The second-order valence-corrected chi connectivity index (χ2v) is 7.44. The Morgan fingerprint density at radius 1 is 1.19 bits per heavy atom. The summed E-state index contributed by atoms with van der Waals surface area (Å²) in [6.45, 7) is 2.58. The normalized spacial score (nSPS) is 28.1. The number of hydrogen-bond acceptors (Lipinski definition) is 9. The fourth-order valence-corrected chi connectivity index (χ4v) is 2.79. The van der Waals surface area contributed by atoms with Crippen molar-refractivity contribution in [2.75, 3.05) is 13.2 Å². The smallest absolute Gasteiger partial charge is 0.342 e. The van der Waals surface area contributed by atoms with Crippen LogP contribution in [-0.4, -0.2) is 74.9 Å². The lowest BCUT2D eigenvalue weighted by molar-refractivity contribution is -0.127. The summed E-state index contributed by atoms with van der Waals surface area (Å²) >= 11 is 0. The third-order valence-corrected chi connectivity index (χ3v) is 4.91. The van der Waals surface area contributed by atoms with Crippen LogP contribution in [-0.2, 0) is 9.53 Å². The molecule has 1 heterocycles. The lowest BCUT2D eigenvalue weighted by atomic mass is 9.99. The molecule has 3 unspecified atom stereocenters. The number of rotatable bonds is 4.